The van der Waals surface area contributed by atoms with Crippen molar-refractivity contribution in [1.29, 1.82) is 0 Å². The molecule has 2 heterocycles. The predicted molar refractivity (Wildman–Crippen MR) is 127 cm³/mol. The van der Waals surface area contributed by atoms with Crippen molar-refractivity contribution < 1.29 is 9.53 Å². The molecule has 8 heteroatoms. The van der Waals surface area contributed by atoms with Gasteiger partial charge < -0.3 is 10.1 Å². The second-order valence-electron chi connectivity index (χ2n) is 7.52. The first-order chi connectivity index (χ1) is 15.5. The molecule has 0 saturated heterocycles. The van der Waals surface area contributed by atoms with Crippen LogP contribution in [0.25, 0.3) is 22.2 Å². The van der Waals surface area contributed by atoms with Gasteiger partial charge >= 0.3 is 0 Å². The van der Waals surface area contributed by atoms with Crippen LogP contribution in [0.5, 0.6) is 5.75 Å². The molecule has 7 nitrogen and oxygen atoms in total. The van der Waals surface area contributed by atoms with Gasteiger partial charge in [0.1, 0.15) is 5.75 Å². The lowest BCUT2D eigenvalue weighted by Crippen LogP contribution is -2.22. The molecule has 164 valence electrons. The number of ether oxygens (including phenoxy) is 1. The molecule has 2 aromatic carbocycles. The largest absolute Gasteiger partial charge is 0.497 e. The Morgan fingerprint density at radius 2 is 1.94 bits per heavy atom. The number of nitrogens with one attached hydrogen (secondary N) is 1. The van der Waals surface area contributed by atoms with Crippen molar-refractivity contribution >= 4 is 33.3 Å². The maximum Gasteiger partial charge on any atom is 0.261 e. The van der Waals surface area contributed by atoms with Gasteiger partial charge in [0.25, 0.3) is 5.56 Å². The molecule has 0 radical (unpaired) electrons. The van der Waals surface area contributed by atoms with Gasteiger partial charge in [0.2, 0.25) is 5.91 Å². The fraction of sp³-hybridized carbons (Fsp3) is 0.250. The van der Waals surface area contributed by atoms with Crippen molar-refractivity contribution in [2.45, 2.75) is 33.2 Å². The number of carbonyl (C=O) groups excluding carboxylic acids is 1. The van der Waals surface area contributed by atoms with Crippen molar-refractivity contribution in [2.24, 2.45) is 0 Å². The summed E-state index contributed by atoms with van der Waals surface area (Å²) in [5.41, 5.74) is 3.42. The Balaban J connectivity index is 1.37. The normalized spacial score (nSPS) is 11.0. The van der Waals surface area contributed by atoms with E-state index in [9.17, 15) is 9.59 Å². The molecule has 0 aliphatic carbocycles. The molecule has 0 unspecified atom stereocenters. The molecule has 32 heavy (non-hydrogen) atoms. The van der Waals surface area contributed by atoms with Crippen LogP contribution in [0.2, 0.25) is 0 Å². The van der Waals surface area contributed by atoms with Crippen molar-refractivity contribution in [3.63, 3.8) is 0 Å². The number of benzene rings is 2. The zero-order valence-corrected chi connectivity index (χ0v) is 19.0. The van der Waals surface area contributed by atoms with Gasteiger partial charge in [0.15, 0.2) is 5.13 Å². The minimum atomic E-state index is -0.127. The van der Waals surface area contributed by atoms with E-state index in [-0.39, 0.29) is 17.9 Å². The van der Waals surface area contributed by atoms with E-state index in [4.69, 9.17) is 4.74 Å². The number of aromatic nitrogens is 3. The van der Waals surface area contributed by atoms with Gasteiger partial charge in [-0.05, 0) is 56.2 Å². The summed E-state index contributed by atoms with van der Waals surface area (Å²) in [5, 5.41) is 4.04. The number of anilines is 1. The van der Waals surface area contributed by atoms with Crippen LogP contribution in [0.4, 0.5) is 5.13 Å². The maximum absolute atomic E-state index is 12.7. The van der Waals surface area contributed by atoms with Gasteiger partial charge in [-0.25, -0.2) is 9.97 Å². The molecule has 0 bridgehead atoms. The number of hydrogen-bond acceptors (Lipinski definition) is 6. The van der Waals surface area contributed by atoms with Crippen LogP contribution in [0.15, 0.2) is 53.6 Å². The Morgan fingerprint density at radius 3 is 2.69 bits per heavy atom. The standard InChI is InChI=1S/C24H24N4O3S/c1-15-6-4-7-19-21(15)25-14-28(23(19)30)13-5-8-20(29)26-24-27-22(16(2)32-24)17-9-11-18(31-3)12-10-17/h4,6-7,9-12,14H,5,8,13H2,1-3H3,(H,26,27,29). The minimum absolute atomic E-state index is 0.0845. The molecule has 1 amide bonds. The van der Waals surface area contributed by atoms with Crippen LogP contribution in [0.3, 0.4) is 0 Å². The topological polar surface area (TPSA) is 86.1 Å². The fourth-order valence-electron chi connectivity index (χ4n) is 3.56. The zero-order valence-electron chi connectivity index (χ0n) is 18.2. The average Bonchev–Trinajstić information content (AvgIpc) is 3.15. The predicted octanol–water partition coefficient (Wildman–Crippen LogP) is 4.56. The highest BCUT2D eigenvalue weighted by Gasteiger charge is 2.13. The lowest BCUT2D eigenvalue weighted by molar-refractivity contribution is -0.116. The van der Waals surface area contributed by atoms with Crippen LogP contribution in [0.1, 0.15) is 23.3 Å². The van der Waals surface area contributed by atoms with Crippen LogP contribution < -0.4 is 15.6 Å². The summed E-state index contributed by atoms with van der Waals surface area (Å²) >= 11 is 1.44. The van der Waals surface area contributed by atoms with Crippen molar-refractivity contribution in [1.82, 2.24) is 14.5 Å². The van der Waals surface area contributed by atoms with Gasteiger partial charge in [-0.3, -0.25) is 14.2 Å². The summed E-state index contributed by atoms with van der Waals surface area (Å²) in [6.45, 7) is 4.34. The van der Waals surface area contributed by atoms with E-state index in [2.05, 4.69) is 15.3 Å². The van der Waals surface area contributed by atoms with E-state index >= 15 is 0 Å². The summed E-state index contributed by atoms with van der Waals surface area (Å²) in [7, 11) is 1.63. The number of nitrogens with zero attached hydrogens (tertiary/aromatic N) is 3. The monoisotopic (exact) mass is 448 g/mol. The Kier molecular flexibility index (Phi) is 6.32. The Morgan fingerprint density at radius 1 is 1.16 bits per heavy atom. The molecule has 1 N–H and O–H groups in total. The number of rotatable bonds is 7. The summed E-state index contributed by atoms with van der Waals surface area (Å²) in [4.78, 5) is 35.1. The van der Waals surface area contributed by atoms with Crippen molar-refractivity contribution in [3.05, 3.63) is 69.6 Å². The highest BCUT2D eigenvalue weighted by Crippen LogP contribution is 2.31. The van der Waals surface area contributed by atoms with E-state index in [1.54, 1.807) is 24.1 Å². The first-order valence-electron chi connectivity index (χ1n) is 10.3. The molecular formula is C24H24N4O3S. The maximum atomic E-state index is 12.7. The zero-order chi connectivity index (χ0) is 22.7. The summed E-state index contributed by atoms with van der Waals surface area (Å²) < 4.78 is 6.76. The molecule has 0 atom stereocenters. The Bertz CT molecular complexity index is 1330. The molecule has 2 aromatic heterocycles. The van der Waals surface area contributed by atoms with Gasteiger partial charge in [-0.2, -0.15) is 0 Å². The van der Waals surface area contributed by atoms with E-state index in [0.717, 1.165) is 33.0 Å². The number of amides is 1. The molecular weight excluding hydrogens is 424 g/mol. The second kappa shape index (κ2) is 9.32. The SMILES string of the molecule is COc1ccc(-c2nc(NC(=O)CCCn3cnc4c(C)cccc4c3=O)sc2C)cc1. The Labute approximate surface area is 189 Å². The third-order valence-corrected chi connectivity index (χ3v) is 6.15. The lowest BCUT2D eigenvalue weighted by atomic mass is 10.1. The molecule has 4 rings (SSSR count). The summed E-state index contributed by atoms with van der Waals surface area (Å²) in [6, 6.07) is 13.2. The van der Waals surface area contributed by atoms with Gasteiger partial charge in [0, 0.05) is 23.4 Å². The first-order valence-corrected chi connectivity index (χ1v) is 11.1. The smallest absolute Gasteiger partial charge is 0.261 e. The van der Waals surface area contributed by atoms with Gasteiger partial charge in [-0.15, -0.1) is 11.3 Å². The summed E-state index contributed by atoms with van der Waals surface area (Å²) in [5.74, 6) is 0.656. The first kappa shape index (κ1) is 21.7. The molecule has 0 spiro atoms. The molecule has 0 fully saturated rings. The van der Waals surface area contributed by atoms with E-state index in [0.29, 0.717) is 23.5 Å². The summed E-state index contributed by atoms with van der Waals surface area (Å²) in [6.07, 6.45) is 2.37. The van der Waals surface area contributed by atoms with Gasteiger partial charge in [-0.1, -0.05) is 12.1 Å². The van der Waals surface area contributed by atoms with E-state index < -0.39 is 0 Å². The van der Waals surface area contributed by atoms with Gasteiger partial charge in [0.05, 0.1) is 30.0 Å². The quantitative estimate of drug-likeness (QED) is 0.448. The van der Waals surface area contributed by atoms with Crippen molar-refractivity contribution in [3.8, 4) is 17.0 Å². The molecule has 0 saturated carbocycles. The molecule has 0 aliphatic rings. The number of fused-ring (bicyclic) bond motifs is 1. The number of aryl methyl sites for hydroxylation is 3. The number of methoxy groups -OCH3 is 1. The second-order valence-corrected chi connectivity index (χ2v) is 8.72. The van der Waals surface area contributed by atoms with Crippen LogP contribution >= 0.6 is 11.3 Å². The molecule has 4 aromatic rings. The number of hydrogen-bond donors (Lipinski definition) is 1. The lowest BCUT2D eigenvalue weighted by Gasteiger charge is -2.07. The van der Waals surface area contributed by atoms with Crippen LogP contribution in [0, 0.1) is 13.8 Å². The number of thiazole rings is 1. The number of carbonyl (C=O) groups is 1. The van der Waals surface area contributed by atoms with Crippen LogP contribution in [-0.2, 0) is 11.3 Å². The van der Waals surface area contributed by atoms with Crippen molar-refractivity contribution in [2.75, 3.05) is 12.4 Å². The van der Waals surface area contributed by atoms with Crippen LogP contribution in [-0.4, -0.2) is 27.6 Å². The fourth-order valence-corrected chi connectivity index (χ4v) is 4.41. The number of para-hydroxylation sites is 1. The molecule has 0 aliphatic heterocycles. The van der Waals surface area contributed by atoms with E-state index in [1.807, 2.05) is 50.2 Å². The highest BCUT2D eigenvalue weighted by atomic mass is 32.1. The highest BCUT2D eigenvalue weighted by molar-refractivity contribution is 7.16. The minimum Gasteiger partial charge on any atom is -0.497 e. The third-order valence-electron chi connectivity index (χ3n) is 5.26. The Hall–Kier alpha value is -3.52. The average molecular weight is 449 g/mol. The van der Waals surface area contributed by atoms with E-state index in [1.165, 1.54) is 11.3 Å². The third kappa shape index (κ3) is 4.55.